The van der Waals surface area contributed by atoms with E-state index in [-0.39, 0.29) is 5.15 Å². The van der Waals surface area contributed by atoms with Crippen LogP contribution >= 0.6 is 11.6 Å². The van der Waals surface area contributed by atoms with Crippen LogP contribution in [0.15, 0.2) is 6.33 Å². The van der Waals surface area contributed by atoms with Gasteiger partial charge in [-0.2, -0.15) is 0 Å². The van der Waals surface area contributed by atoms with Crippen LogP contribution in [-0.4, -0.2) is 29.3 Å². The minimum Gasteiger partial charge on any atom is -0.356 e. The van der Waals surface area contributed by atoms with Crippen molar-refractivity contribution in [1.82, 2.24) is 9.97 Å². The van der Waals surface area contributed by atoms with Crippen LogP contribution < -0.4 is 4.90 Å². The lowest BCUT2D eigenvalue weighted by atomic mass is 9.89. The first-order valence-corrected chi connectivity index (χ1v) is 7.22. The smallest absolute Gasteiger partial charge is 0.156 e. The average Bonchev–Trinajstić information content (AvgIpc) is 2.64. The molecule has 5 heteroatoms. The highest BCUT2D eigenvalue weighted by atomic mass is 35.5. The highest BCUT2D eigenvalue weighted by molar-refractivity contribution is 6.32. The van der Waals surface area contributed by atoms with Crippen molar-refractivity contribution in [2.75, 3.05) is 18.0 Å². The van der Waals surface area contributed by atoms with E-state index in [4.69, 9.17) is 11.6 Å². The Kier molecular flexibility index (Phi) is 4.75. The fourth-order valence-corrected chi connectivity index (χ4v) is 2.89. The van der Waals surface area contributed by atoms with Crippen molar-refractivity contribution in [3.8, 4) is 0 Å². The van der Waals surface area contributed by atoms with E-state index >= 15 is 0 Å². The van der Waals surface area contributed by atoms with Crippen molar-refractivity contribution in [1.29, 1.82) is 0 Å². The Balaban J connectivity index is 2.19. The Morgan fingerprint density at radius 2 is 2.16 bits per heavy atom. The molecule has 1 atom stereocenters. The van der Waals surface area contributed by atoms with Crippen LogP contribution in [0.3, 0.4) is 0 Å². The molecular weight excluding hydrogens is 262 g/mol. The fraction of sp³-hybridized carbons (Fsp3) is 0.643. The maximum Gasteiger partial charge on any atom is 0.156 e. The quantitative estimate of drug-likeness (QED) is 0.630. The molecule has 1 saturated heterocycles. The first-order chi connectivity index (χ1) is 9.13. The number of carbonyl (C=O) groups excluding carboxylic acids is 1. The zero-order chi connectivity index (χ0) is 13.8. The van der Waals surface area contributed by atoms with Crippen LogP contribution in [0.5, 0.6) is 0 Å². The molecule has 0 aliphatic carbocycles. The van der Waals surface area contributed by atoms with Gasteiger partial charge in [0.05, 0.1) is 5.56 Å². The first-order valence-electron chi connectivity index (χ1n) is 6.84. The highest BCUT2D eigenvalue weighted by Gasteiger charge is 2.22. The molecular formula is C14H20ClN3O. The molecule has 104 valence electrons. The summed E-state index contributed by atoms with van der Waals surface area (Å²) in [6.07, 6.45) is 5.68. The molecule has 1 aromatic rings. The molecule has 0 spiro atoms. The predicted octanol–water partition coefficient (Wildman–Crippen LogP) is 3.21. The number of hydrogen-bond acceptors (Lipinski definition) is 4. The monoisotopic (exact) mass is 281 g/mol. The van der Waals surface area contributed by atoms with E-state index in [1.165, 1.54) is 12.7 Å². The first kappa shape index (κ1) is 14.3. The van der Waals surface area contributed by atoms with Crippen molar-refractivity contribution < 1.29 is 4.79 Å². The SMILES string of the molecule is CC(C)C1CCCN(c2ncnc(Cl)c2C=O)CC1. The summed E-state index contributed by atoms with van der Waals surface area (Å²) in [6.45, 7) is 6.41. The zero-order valence-electron chi connectivity index (χ0n) is 11.5. The van der Waals surface area contributed by atoms with E-state index in [2.05, 4.69) is 28.7 Å². The van der Waals surface area contributed by atoms with E-state index in [1.54, 1.807) is 0 Å². The summed E-state index contributed by atoms with van der Waals surface area (Å²) in [5.41, 5.74) is 0.409. The van der Waals surface area contributed by atoms with Gasteiger partial charge in [0.15, 0.2) is 6.29 Å². The van der Waals surface area contributed by atoms with Crippen LogP contribution in [0.25, 0.3) is 0 Å². The van der Waals surface area contributed by atoms with Gasteiger partial charge in [0.2, 0.25) is 0 Å². The Hall–Kier alpha value is -1.16. The van der Waals surface area contributed by atoms with Gasteiger partial charge in [-0.3, -0.25) is 4.79 Å². The summed E-state index contributed by atoms with van der Waals surface area (Å²) in [5.74, 6) is 2.14. The molecule has 2 rings (SSSR count). The zero-order valence-corrected chi connectivity index (χ0v) is 12.2. The number of halogens is 1. The Labute approximate surface area is 119 Å². The lowest BCUT2D eigenvalue weighted by molar-refractivity contribution is 0.112. The van der Waals surface area contributed by atoms with Gasteiger partial charge in [-0.15, -0.1) is 0 Å². The molecule has 0 radical (unpaired) electrons. The number of carbonyl (C=O) groups is 1. The van der Waals surface area contributed by atoms with Crippen molar-refractivity contribution in [2.45, 2.75) is 33.1 Å². The molecule has 1 aromatic heterocycles. The molecule has 4 nitrogen and oxygen atoms in total. The molecule has 0 amide bonds. The van der Waals surface area contributed by atoms with Gasteiger partial charge >= 0.3 is 0 Å². The van der Waals surface area contributed by atoms with Gasteiger partial charge in [0.25, 0.3) is 0 Å². The second-order valence-electron chi connectivity index (χ2n) is 5.44. The van der Waals surface area contributed by atoms with Crippen molar-refractivity contribution in [3.05, 3.63) is 17.0 Å². The van der Waals surface area contributed by atoms with Gasteiger partial charge in [0, 0.05) is 13.1 Å². The number of aromatic nitrogens is 2. The second-order valence-corrected chi connectivity index (χ2v) is 5.80. The van der Waals surface area contributed by atoms with E-state index < -0.39 is 0 Å². The highest BCUT2D eigenvalue weighted by Crippen LogP contribution is 2.28. The van der Waals surface area contributed by atoms with E-state index in [0.29, 0.717) is 17.3 Å². The maximum atomic E-state index is 11.2. The van der Waals surface area contributed by atoms with Gasteiger partial charge in [-0.05, 0) is 31.1 Å². The number of nitrogens with zero attached hydrogens (tertiary/aromatic N) is 3. The topological polar surface area (TPSA) is 46.1 Å². The Bertz CT molecular complexity index is 450. The summed E-state index contributed by atoms with van der Waals surface area (Å²) in [6, 6.07) is 0. The normalized spacial score (nSPS) is 20.4. The molecule has 1 unspecified atom stereocenters. The Morgan fingerprint density at radius 3 is 2.84 bits per heavy atom. The summed E-state index contributed by atoms with van der Waals surface area (Å²) < 4.78 is 0. The number of aldehydes is 1. The minimum atomic E-state index is 0.240. The van der Waals surface area contributed by atoms with E-state index in [9.17, 15) is 4.79 Å². The van der Waals surface area contributed by atoms with Crippen LogP contribution in [0, 0.1) is 11.8 Å². The average molecular weight is 282 g/mol. The molecule has 1 fully saturated rings. The Morgan fingerprint density at radius 1 is 1.37 bits per heavy atom. The van der Waals surface area contributed by atoms with Crippen LogP contribution in [0.2, 0.25) is 5.15 Å². The largest absolute Gasteiger partial charge is 0.356 e. The second kappa shape index (κ2) is 6.33. The summed E-state index contributed by atoms with van der Waals surface area (Å²) in [7, 11) is 0. The van der Waals surface area contributed by atoms with E-state index in [0.717, 1.165) is 38.1 Å². The summed E-state index contributed by atoms with van der Waals surface area (Å²) >= 11 is 5.96. The summed E-state index contributed by atoms with van der Waals surface area (Å²) in [4.78, 5) is 21.4. The molecule has 0 saturated carbocycles. The summed E-state index contributed by atoms with van der Waals surface area (Å²) in [5, 5.41) is 0.240. The third kappa shape index (κ3) is 3.24. The molecule has 0 aromatic carbocycles. The molecule has 0 N–H and O–H groups in total. The van der Waals surface area contributed by atoms with E-state index in [1.807, 2.05) is 0 Å². The third-order valence-electron chi connectivity index (χ3n) is 3.95. The molecule has 1 aliphatic heterocycles. The predicted molar refractivity (Wildman–Crippen MR) is 76.8 cm³/mol. The van der Waals surface area contributed by atoms with Gasteiger partial charge in [-0.1, -0.05) is 25.4 Å². The third-order valence-corrected chi connectivity index (χ3v) is 4.25. The standard InChI is InChI=1S/C14H20ClN3O/c1-10(2)11-4-3-6-18(7-5-11)14-12(8-19)13(15)16-9-17-14/h8-11H,3-7H2,1-2H3. The van der Waals surface area contributed by atoms with Crippen molar-refractivity contribution >= 4 is 23.7 Å². The molecule has 0 bridgehead atoms. The van der Waals surface area contributed by atoms with Gasteiger partial charge < -0.3 is 4.90 Å². The molecule has 19 heavy (non-hydrogen) atoms. The fourth-order valence-electron chi connectivity index (χ4n) is 2.72. The van der Waals surface area contributed by atoms with Crippen molar-refractivity contribution in [2.24, 2.45) is 11.8 Å². The lowest BCUT2D eigenvalue weighted by Crippen LogP contribution is -2.27. The van der Waals surface area contributed by atoms with Gasteiger partial charge in [0.1, 0.15) is 17.3 Å². The molecule has 1 aliphatic rings. The van der Waals surface area contributed by atoms with Crippen LogP contribution in [-0.2, 0) is 0 Å². The van der Waals surface area contributed by atoms with Crippen LogP contribution in [0.4, 0.5) is 5.82 Å². The number of hydrogen-bond donors (Lipinski definition) is 0. The van der Waals surface area contributed by atoms with Crippen molar-refractivity contribution in [3.63, 3.8) is 0 Å². The maximum absolute atomic E-state index is 11.2. The van der Waals surface area contributed by atoms with Crippen LogP contribution in [0.1, 0.15) is 43.5 Å². The lowest BCUT2D eigenvalue weighted by Gasteiger charge is -2.23. The minimum absolute atomic E-state index is 0.240. The molecule has 2 heterocycles. The van der Waals surface area contributed by atoms with Gasteiger partial charge in [-0.25, -0.2) is 9.97 Å². The number of anilines is 1. The number of rotatable bonds is 3.